The molecule has 7 heteroatoms. The highest BCUT2D eigenvalue weighted by Gasteiger charge is 2.27. The van der Waals surface area contributed by atoms with Crippen LogP contribution in [0.25, 0.3) is 0 Å². The van der Waals surface area contributed by atoms with Crippen molar-refractivity contribution in [1.82, 2.24) is 0 Å². The molecule has 0 amide bonds. The van der Waals surface area contributed by atoms with Crippen LogP contribution < -0.4 is 4.72 Å². The minimum atomic E-state index is -3.96. The van der Waals surface area contributed by atoms with Gasteiger partial charge in [0, 0.05) is 5.69 Å². The van der Waals surface area contributed by atoms with Crippen molar-refractivity contribution in [2.24, 2.45) is 0 Å². The second kappa shape index (κ2) is 4.40. The number of hydrogen-bond donors (Lipinski definition) is 3. The third-order valence-electron chi connectivity index (χ3n) is 1.94. The fourth-order valence-electron chi connectivity index (χ4n) is 0.915. The van der Waals surface area contributed by atoms with Crippen LogP contribution in [0.5, 0.6) is 5.75 Å². The first-order valence-electron chi connectivity index (χ1n) is 4.36. The molecule has 6 nitrogen and oxygen atoms in total. The molecule has 0 bridgehead atoms. The Balaban J connectivity index is 2.89. The predicted molar refractivity (Wildman–Crippen MR) is 57.7 cm³/mol. The van der Waals surface area contributed by atoms with Crippen molar-refractivity contribution in [2.75, 3.05) is 4.72 Å². The van der Waals surface area contributed by atoms with E-state index in [4.69, 9.17) is 10.2 Å². The number of aliphatic carboxylic acids is 1. The number of anilines is 1. The lowest BCUT2D eigenvalue weighted by molar-refractivity contribution is -0.136. The Bertz CT molecular complexity index is 479. The Hall–Kier alpha value is -1.76. The summed E-state index contributed by atoms with van der Waals surface area (Å²) in [5.74, 6) is -1.43. The van der Waals surface area contributed by atoms with E-state index in [2.05, 4.69) is 4.72 Å². The first kappa shape index (κ1) is 12.3. The number of nitrogens with one attached hydrogen (secondary N) is 1. The Morgan fingerprint density at radius 2 is 1.81 bits per heavy atom. The third-order valence-corrected chi connectivity index (χ3v) is 3.59. The summed E-state index contributed by atoms with van der Waals surface area (Å²) >= 11 is 0. The summed E-state index contributed by atoms with van der Waals surface area (Å²) in [6.45, 7) is 1.07. The average molecular weight is 245 g/mol. The Morgan fingerprint density at radius 3 is 2.25 bits per heavy atom. The van der Waals surface area contributed by atoms with Crippen LogP contribution in [0.15, 0.2) is 24.3 Å². The molecule has 1 aromatic rings. The minimum absolute atomic E-state index is 0.00534. The van der Waals surface area contributed by atoms with Gasteiger partial charge in [-0.3, -0.25) is 9.52 Å². The number of carboxylic acid groups (broad SMARTS) is 1. The molecule has 0 aliphatic rings. The summed E-state index contributed by atoms with van der Waals surface area (Å²) in [5, 5.41) is 16.0. The molecular weight excluding hydrogens is 234 g/mol. The molecule has 0 saturated heterocycles. The van der Waals surface area contributed by atoms with Crippen molar-refractivity contribution in [3.63, 3.8) is 0 Å². The maximum absolute atomic E-state index is 11.5. The SMILES string of the molecule is CC(C(=O)O)S(=O)(=O)Nc1ccc(O)cc1. The number of carboxylic acids is 1. The molecule has 0 aliphatic heterocycles. The molecule has 88 valence electrons. The van der Waals surface area contributed by atoms with E-state index in [1.54, 1.807) is 0 Å². The van der Waals surface area contributed by atoms with E-state index in [0.717, 1.165) is 6.92 Å². The summed E-state index contributed by atoms with van der Waals surface area (Å²) in [7, 11) is -3.96. The lowest BCUT2D eigenvalue weighted by atomic mass is 10.3. The lowest BCUT2D eigenvalue weighted by Crippen LogP contribution is -2.32. The van der Waals surface area contributed by atoms with E-state index < -0.39 is 21.2 Å². The van der Waals surface area contributed by atoms with Gasteiger partial charge in [0.05, 0.1) is 0 Å². The van der Waals surface area contributed by atoms with Crippen LogP contribution in [0, 0.1) is 0 Å². The van der Waals surface area contributed by atoms with E-state index >= 15 is 0 Å². The zero-order valence-electron chi connectivity index (χ0n) is 8.41. The monoisotopic (exact) mass is 245 g/mol. The van der Waals surface area contributed by atoms with E-state index in [-0.39, 0.29) is 11.4 Å². The molecule has 0 aliphatic carbocycles. The molecule has 1 rings (SSSR count). The standard InChI is InChI=1S/C9H11NO5S/c1-6(9(12)13)16(14,15)10-7-2-4-8(11)5-3-7/h2-6,10-11H,1H3,(H,12,13). The van der Waals surface area contributed by atoms with Crippen LogP contribution in [-0.2, 0) is 14.8 Å². The molecule has 3 N–H and O–H groups in total. The fourth-order valence-corrected chi connectivity index (χ4v) is 1.82. The Morgan fingerprint density at radius 1 is 1.31 bits per heavy atom. The molecule has 0 saturated carbocycles. The van der Waals surface area contributed by atoms with Crippen molar-refractivity contribution in [1.29, 1.82) is 0 Å². The van der Waals surface area contributed by atoms with Crippen LogP contribution in [0.4, 0.5) is 5.69 Å². The second-order valence-corrected chi connectivity index (χ2v) is 5.18. The highest BCUT2D eigenvalue weighted by molar-refractivity contribution is 7.94. The normalized spacial score (nSPS) is 13.1. The van der Waals surface area contributed by atoms with Gasteiger partial charge in [0.25, 0.3) is 0 Å². The molecule has 0 aromatic heterocycles. The van der Waals surface area contributed by atoms with Gasteiger partial charge in [-0.15, -0.1) is 0 Å². The smallest absolute Gasteiger partial charge is 0.323 e. The van der Waals surface area contributed by atoms with Crippen molar-refractivity contribution < 1.29 is 23.4 Å². The predicted octanol–water partition coefficient (Wildman–Crippen LogP) is 0.607. The number of phenols is 1. The summed E-state index contributed by atoms with van der Waals surface area (Å²) in [6.07, 6.45) is 0. The largest absolute Gasteiger partial charge is 0.508 e. The first-order valence-corrected chi connectivity index (χ1v) is 5.91. The van der Waals surface area contributed by atoms with Crippen LogP contribution in [0.2, 0.25) is 0 Å². The third kappa shape index (κ3) is 2.86. The number of phenolic OH excluding ortho intramolecular Hbond substituents is 1. The first-order chi connectivity index (χ1) is 7.33. The van der Waals surface area contributed by atoms with Gasteiger partial charge in [-0.1, -0.05) is 0 Å². The summed E-state index contributed by atoms with van der Waals surface area (Å²) in [5.41, 5.74) is 0.200. The zero-order valence-corrected chi connectivity index (χ0v) is 9.23. The van der Waals surface area contributed by atoms with Gasteiger partial charge in [-0.25, -0.2) is 8.42 Å². The van der Waals surface area contributed by atoms with Gasteiger partial charge in [0.2, 0.25) is 10.0 Å². The molecule has 1 aromatic carbocycles. The number of benzene rings is 1. The molecule has 1 unspecified atom stereocenters. The summed E-state index contributed by atoms with van der Waals surface area (Å²) in [4.78, 5) is 10.5. The van der Waals surface area contributed by atoms with Gasteiger partial charge in [0.1, 0.15) is 5.75 Å². The second-order valence-electron chi connectivity index (χ2n) is 3.17. The van der Waals surface area contributed by atoms with E-state index in [9.17, 15) is 13.2 Å². The molecule has 16 heavy (non-hydrogen) atoms. The maximum Gasteiger partial charge on any atom is 0.323 e. The van der Waals surface area contributed by atoms with E-state index in [1.807, 2.05) is 0 Å². The van der Waals surface area contributed by atoms with Crippen LogP contribution in [0.3, 0.4) is 0 Å². The van der Waals surface area contributed by atoms with Gasteiger partial charge in [-0.2, -0.15) is 0 Å². The molecule has 1 atom stereocenters. The molecular formula is C9H11NO5S. The zero-order chi connectivity index (χ0) is 12.3. The molecule has 0 fully saturated rings. The van der Waals surface area contributed by atoms with Crippen LogP contribution in [0.1, 0.15) is 6.92 Å². The van der Waals surface area contributed by atoms with Gasteiger partial charge >= 0.3 is 5.97 Å². The fraction of sp³-hybridized carbons (Fsp3) is 0.222. The van der Waals surface area contributed by atoms with Crippen LogP contribution >= 0.6 is 0 Å². The van der Waals surface area contributed by atoms with Crippen molar-refractivity contribution in [3.8, 4) is 5.75 Å². The number of carbonyl (C=O) groups is 1. The van der Waals surface area contributed by atoms with Gasteiger partial charge in [-0.05, 0) is 31.2 Å². The molecule has 0 heterocycles. The van der Waals surface area contributed by atoms with Crippen molar-refractivity contribution >= 4 is 21.7 Å². The highest BCUT2D eigenvalue weighted by atomic mass is 32.2. The maximum atomic E-state index is 11.5. The number of hydrogen-bond acceptors (Lipinski definition) is 4. The van der Waals surface area contributed by atoms with E-state index in [0.29, 0.717) is 0 Å². The minimum Gasteiger partial charge on any atom is -0.508 e. The Labute approximate surface area is 92.6 Å². The highest BCUT2D eigenvalue weighted by Crippen LogP contribution is 2.16. The number of aromatic hydroxyl groups is 1. The summed E-state index contributed by atoms with van der Waals surface area (Å²) in [6, 6.07) is 5.26. The van der Waals surface area contributed by atoms with Crippen LogP contribution in [-0.4, -0.2) is 29.9 Å². The van der Waals surface area contributed by atoms with Gasteiger partial charge in [0.15, 0.2) is 5.25 Å². The lowest BCUT2D eigenvalue weighted by Gasteiger charge is -2.10. The van der Waals surface area contributed by atoms with E-state index in [1.165, 1.54) is 24.3 Å². The van der Waals surface area contributed by atoms with Gasteiger partial charge < -0.3 is 10.2 Å². The average Bonchev–Trinajstić information content (AvgIpc) is 2.20. The molecule has 0 spiro atoms. The number of sulfonamides is 1. The Kier molecular flexibility index (Phi) is 3.38. The molecule has 0 radical (unpaired) electrons. The summed E-state index contributed by atoms with van der Waals surface area (Å²) < 4.78 is 25.1. The van der Waals surface area contributed by atoms with Crippen molar-refractivity contribution in [2.45, 2.75) is 12.2 Å². The topological polar surface area (TPSA) is 104 Å². The number of rotatable bonds is 4. The van der Waals surface area contributed by atoms with Crippen molar-refractivity contribution in [3.05, 3.63) is 24.3 Å². The quantitative estimate of drug-likeness (QED) is 0.674.